The van der Waals surface area contributed by atoms with Crippen molar-refractivity contribution in [1.82, 2.24) is 15.1 Å². The van der Waals surface area contributed by atoms with Crippen molar-refractivity contribution in [3.8, 4) is 0 Å². The monoisotopic (exact) mass is 250 g/mol. The molecule has 0 bridgehead atoms. The van der Waals surface area contributed by atoms with Crippen LogP contribution >= 0.6 is 0 Å². The molecule has 2 rings (SSSR count). The van der Waals surface area contributed by atoms with E-state index < -0.39 is 0 Å². The summed E-state index contributed by atoms with van der Waals surface area (Å²) in [7, 11) is 0. The van der Waals surface area contributed by atoms with Gasteiger partial charge in [0.25, 0.3) is 0 Å². The van der Waals surface area contributed by atoms with E-state index in [9.17, 15) is 0 Å². The van der Waals surface area contributed by atoms with Gasteiger partial charge >= 0.3 is 0 Å². The predicted octanol–water partition coefficient (Wildman–Crippen LogP) is 2.29. The molecule has 2 atom stereocenters. The number of nitrogens with one attached hydrogen (secondary N) is 1. The average Bonchev–Trinajstić information content (AvgIpc) is 2.78. The smallest absolute Gasteiger partial charge is 0.0756 e. The van der Waals surface area contributed by atoms with Gasteiger partial charge in [-0.05, 0) is 26.7 Å². The molecular formula is C14H26N4. The average molecular weight is 250 g/mol. The molecule has 0 aromatic carbocycles. The molecule has 1 aromatic heterocycles. The largest absolute Gasteiger partial charge is 0.363 e. The van der Waals surface area contributed by atoms with E-state index in [-0.39, 0.29) is 0 Å². The maximum atomic E-state index is 4.45. The summed E-state index contributed by atoms with van der Waals surface area (Å²) in [6.45, 7) is 13.3. The topological polar surface area (TPSA) is 33.1 Å². The molecule has 1 fully saturated rings. The first-order valence-corrected chi connectivity index (χ1v) is 7.03. The molecule has 1 aromatic rings. The fraction of sp³-hybridized carbons (Fsp3) is 0.786. The van der Waals surface area contributed by atoms with Gasteiger partial charge in [-0.1, -0.05) is 13.8 Å². The van der Waals surface area contributed by atoms with Crippen LogP contribution < -0.4 is 10.2 Å². The van der Waals surface area contributed by atoms with Crippen molar-refractivity contribution in [2.24, 2.45) is 5.92 Å². The fourth-order valence-corrected chi connectivity index (χ4v) is 2.45. The SMILES string of the molecule is CC(C)C1CN(c2cnn(C(C)C)c2)C(C)CN1. The molecule has 1 aliphatic heterocycles. The van der Waals surface area contributed by atoms with Crippen molar-refractivity contribution in [1.29, 1.82) is 0 Å². The summed E-state index contributed by atoms with van der Waals surface area (Å²) >= 11 is 0. The van der Waals surface area contributed by atoms with Crippen LogP contribution in [-0.4, -0.2) is 35.0 Å². The first-order valence-electron chi connectivity index (χ1n) is 7.03. The third-order valence-electron chi connectivity index (χ3n) is 3.85. The van der Waals surface area contributed by atoms with E-state index in [1.807, 2.05) is 10.9 Å². The van der Waals surface area contributed by atoms with Gasteiger partial charge < -0.3 is 10.2 Å². The van der Waals surface area contributed by atoms with E-state index in [0.717, 1.165) is 13.1 Å². The van der Waals surface area contributed by atoms with E-state index in [1.165, 1.54) is 5.69 Å². The second kappa shape index (κ2) is 5.31. The normalized spacial score (nSPS) is 25.2. The summed E-state index contributed by atoms with van der Waals surface area (Å²) in [6.07, 6.45) is 4.17. The van der Waals surface area contributed by atoms with Crippen LogP contribution in [0.4, 0.5) is 5.69 Å². The summed E-state index contributed by atoms with van der Waals surface area (Å²) in [5.74, 6) is 0.667. The number of hydrogen-bond donors (Lipinski definition) is 1. The van der Waals surface area contributed by atoms with Gasteiger partial charge in [0.2, 0.25) is 0 Å². The lowest BCUT2D eigenvalue weighted by atomic mass is 9.99. The van der Waals surface area contributed by atoms with Gasteiger partial charge in [0.15, 0.2) is 0 Å². The van der Waals surface area contributed by atoms with Crippen LogP contribution in [0.1, 0.15) is 40.7 Å². The maximum absolute atomic E-state index is 4.45. The zero-order chi connectivity index (χ0) is 13.3. The number of aromatic nitrogens is 2. The minimum atomic E-state index is 0.429. The quantitative estimate of drug-likeness (QED) is 0.893. The van der Waals surface area contributed by atoms with Crippen LogP contribution in [0, 0.1) is 5.92 Å². The number of piperazine rings is 1. The number of hydrogen-bond acceptors (Lipinski definition) is 3. The Labute approximate surface area is 110 Å². The lowest BCUT2D eigenvalue weighted by Crippen LogP contribution is -2.57. The zero-order valence-electron chi connectivity index (χ0n) is 12.2. The van der Waals surface area contributed by atoms with E-state index in [2.05, 4.69) is 56.1 Å². The molecule has 0 aliphatic carbocycles. The van der Waals surface area contributed by atoms with Crippen molar-refractivity contribution in [3.63, 3.8) is 0 Å². The zero-order valence-corrected chi connectivity index (χ0v) is 12.2. The standard InChI is InChI=1S/C14H26N4/c1-10(2)14-9-17(12(5)6-15-14)13-7-16-18(8-13)11(3)4/h7-8,10-12,14-15H,6,9H2,1-5H3. The van der Waals surface area contributed by atoms with E-state index in [0.29, 0.717) is 24.0 Å². The van der Waals surface area contributed by atoms with E-state index in [4.69, 9.17) is 0 Å². The molecule has 1 aliphatic rings. The minimum Gasteiger partial charge on any atom is -0.363 e. The first-order chi connectivity index (χ1) is 8.49. The van der Waals surface area contributed by atoms with Gasteiger partial charge in [-0.2, -0.15) is 5.10 Å². The number of nitrogens with zero attached hydrogens (tertiary/aromatic N) is 3. The second-order valence-electron chi connectivity index (χ2n) is 6.03. The highest BCUT2D eigenvalue weighted by molar-refractivity contribution is 5.44. The van der Waals surface area contributed by atoms with Gasteiger partial charge in [0.1, 0.15) is 0 Å². The van der Waals surface area contributed by atoms with Gasteiger partial charge in [0, 0.05) is 37.4 Å². The first kappa shape index (κ1) is 13.4. The molecule has 102 valence electrons. The highest BCUT2D eigenvalue weighted by Gasteiger charge is 2.27. The van der Waals surface area contributed by atoms with Crippen LogP contribution in [0.25, 0.3) is 0 Å². The highest BCUT2D eigenvalue weighted by atomic mass is 15.3. The lowest BCUT2D eigenvalue weighted by molar-refractivity contribution is 0.337. The molecular weight excluding hydrogens is 224 g/mol. The van der Waals surface area contributed by atoms with Crippen molar-refractivity contribution in [3.05, 3.63) is 12.4 Å². The van der Waals surface area contributed by atoms with E-state index in [1.54, 1.807) is 0 Å². The Kier molecular flexibility index (Phi) is 3.95. The molecule has 2 unspecified atom stereocenters. The molecule has 4 nitrogen and oxygen atoms in total. The van der Waals surface area contributed by atoms with Crippen LogP contribution in [0.3, 0.4) is 0 Å². The summed E-state index contributed by atoms with van der Waals surface area (Å²) in [6, 6.07) is 1.53. The molecule has 2 heterocycles. The van der Waals surface area contributed by atoms with Crippen LogP contribution in [0.5, 0.6) is 0 Å². The highest BCUT2D eigenvalue weighted by Crippen LogP contribution is 2.22. The summed E-state index contributed by atoms with van der Waals surface area (Å²) in [5.41, 5.74) is 1.25. The Bertz CT molecular complexity index is 383. The third-order valence-corrected chi connectivity index (χ3v) is 3.85. The molecule has 1 N–H and O–H groups in total. The van der Waals surface area contributed by atoms with Crippen molar-refractivity contribution in [2.45, 2.75) is 52.7 Å². The van der Waals surface area contributed by atoms with Gasteiger partial charge in [-0.3, -0.25) is 4.68 Å². The van der Waals surface area contributed by atoms with E-state index >= 15 is 0 Å². The Morgan fingerprint density at radius 3 is 2.61 bits per heavy atom. The molecule has 18 heavy (non-hydrogen) atoms. The third kappa shape index (κ3) is 2.69. The van der Waals surface area contributed by atoms with Gasteiger partial charge in [-0.15, -0.1) is 0 Å². The van der Waals surface area contributed by atoms with Crippen molar-refractivity contribution in [2.75, 3.05) is 18.0 Å². The fourth-order valence-electron chi connectivity index (χ4n) is 2.45. The Balaban J connectivity index is 2.13. The Hall–Kier alpha value is -1.03. The summed E-state index contributed by atoms with van der Waals surface area (Å²) in [4.78, 5) is 2.48. The Morgan fingerprint density at radius 2 is 2.06 bits per heavy atom. The summed E-state index contributed by atoms with van der Waals surface area (Å²) in [5, 5.41) is 8.08. The molecule has 0 amide bonds. The van der Waals surface area contributed by atoms with Crippen LogP contribution in [-0.2, 0) is 0 Å². The number of anilines is 1. The molecule has 0 saturated carbocycles. The van der Waals surface area contributed by atoms with Crippen LogP contribution in [0.2, 0.25) is 0 Å². The van der Waals surface area contributed by atoms with Gasteiger partial charge in [-0.25, -0.2) is 0 Å². The molecule has 1 saturated heterocycles. The molecule has 0 radical (unpaired) electrons. The van der Waals surface area contributed by atoms with Gasteiger partial charge in [0.05, 0.1) is 11.9 Å². The maximum Gasteiger partial charge on any atom is 0.0756 e. The number of rotatable bonds is 3. The summed E-state index contributed by atoms with van der Waals surface area (Å²) < 4.78 is 2.04. The molecule has 0 spiro atoms. The minimum absolute atomic E-state index is 0.429. The second-order valence-corrected chi connectivity index (χ2v) is 6.03. The lowest BCUT2D eigenvalue weighted by Gasteiger charge is -2.41. The van der Waals surface area contributed by atoms with Crippen LogP contribution in [0.15, 0.2) is 12.4 Å². The van der Waals surface area contributed by atoms with Crippen molar-refractivity contribution < 1.29 is 0 Å². The molecule has 4 heteroatoms. The Morgan fingerprint density at radius 1 is 1.33 bits per heavy atom. The predicted molar refractivity (Wildman–Crippen MR) is 76.0 cm³/mol. The van der Waals surface area contributed by atoms with Crippen molar-refractivity contribution >= 4 is 5.69 Å².